The molecule has 0 radical (unpaired) electrons. The average Bonchev–Trinajstić information content (AvgIpc) is 2.69. The molecule has 0 aromatic carbocycles. The highest BCUT2D eigenvalue weighted by Gasteiger charge is 2.42. The van der Waals surface area contributed by atoms with Crippen molar-refractivity contribution in [1.82, 2.24) is 10.1 Å². The zero-order chi connectivity index (χ0) is 25.6. The summed E-state index contributed by atoms with van der Waals surface area (Å²) >= 11 is 0. The molecule has 0 aromatic heterocycles. The van der Waals surface area contributed by atoms with Gasteiger partial charge in [0.15, 0.2) is 0 Å². The molecular weight excluding hydrogens is 428 g/mol. The maximum atomic E-state index is 12.4. The third-order valence-electron chi connectivity index (χ3n) is 6.83. The Kier molecular flexibility index (Phi) is 9.57. The molecule has 34 heavy (non-hydrogen) atoms. The second kappa shape index (κ2) is 11.4. The number of rotatable bonds is 11. The van der Waals surface area contributed by atoms with Gasteiger partial charge in [0.1, 0.15) is 0 Å². The molecule has 2 rings (SSSR count). The van der Waals surface area contributed by atoms with E-state index in [0.29, 0.717) is 12.8 Å². The van der Waals surface area contributed by atoms with E-state index in [1.807, 2.05) is 10.1 Å². The number of carbonyl (C=O) groups excluding carboxylic acids is 2. The molecule has 194 valence electrons. The van der Waals surface area contributed by atoms with Gasteiger partial charge in [-0.25, -0.2) is 0 Å². The Labute approximate surface area is 207 Å². The third kappa shape index (κ3) is 7.94. The van der Waals surface area contributed by atoms with Crippen molar-refractivity contribution in [3.63, 3.8) is 0 Å². The molecular formula is C28H48N2O4. The quantitative estimate of drug-likeness (QED) is 0.245. The lowest BCUT2D eigenvalue weighted by molar-refractivity contribution is -0.246. The van der Waals surface area contributed by atoms with Crippen LogP contribution in [0.4, 0.5) is 0 Å². The van der Waals surface area contributed by atoms with Crippen LogP contribution < -0.4 is 0 Å². The van der Waals surface area contributed by atoms with E-state index in [4.69, 9.17) is 9.68 Å². The van der Waals surface area contributed by atoms with E-state index >= 15 is 0 Å². The zero-order valence-electron chi connectivity index (χ0n) is 22.9. The molecule has 2 aliphatic heterocycles. The fourth-order valence-electron chi connectivity index (χ4n) is 5.16. The van der Waals surface area contributed by atoms with Gasteiger partial charge in [0.25, 0.3) is 0 Å². The molecule has 0 saturated carbocycles. The van der Waals surface area contributed by atoms with Crippen LogP contribution >= 0.6 is 0 Å². The van der Waals surface area contributed by atoms with Crippen molar-refractivity contribution in [2.45, 2.75) is 142 Å². The summed E-state index contributed by atoms with van der Waals surface area (Å²) < 4.78 is 0. The van der Waals surface area contributed by atoms with Gasteiger partial charge in [0.05, 0.1) is 22.2 Å². The average molecular weight is 477 g/mol. The van der Waals surface area contributed by atoms with E-state index in [0.717, 1.165) is 51.4 Å². The number of unbranched alkanes of at least 4 members (excludes halogenated alkanes) is 5. The summed E-state index contributed by atoms with van der Waals surface area (Å²) in [5.74, 6) is -0.310. The summed E-state index contributed by atoms with van der Waals surface area (Å²) in [6.07, 6.45) is 16.9. The molecule has 0 N–H and O–H groups in total. The lowest BCUT2D eigenvalue weighted by Gasteiger charge is -2.47. The van der Waals surface area contributed by atoms with E-state index < -0.39 is 0 Å². The first-order valence-electron chi connectivity index (χ1n) is 13.1. The van der Waals surface area contributed by atoms with E-state index in [9.17, 15) is 9.59 Å². The predicted octanol–water partition coefficient (Wildman–Crippen LogP) is 6.66. The van der Waals surface area contributed by atoms with Crippen molar-refractivity contribution in [3.8, 4) is 0 Å². The number of carbonyl (C=O) groups is 2. The van der Waals surface area contributed by atoms with Crippen molar-refractivity contribution >= 4 is 11.9 Å². The number of hydroxylamine groups is 4. The summed E-state index contributed by atoms with van der Waals surface area (Å²) in [5.41, 5.74) is -1.000. The molecule has 2 aliphatic rings. The van der Waals surface area contributed by atoms with Gasteiger partial charge >= 0.3 is 11.9 Å². The second-order valence-corrected chi connectivity index (χ2v) is 12.3. The maximum absolute atomic E-state index is 12.4. The van der Waals surface area contributed by atoms with Crippen LogP contribution in [0.3, 0.4) is 0 Å². The van der Waals surface area contributed by atoms with Gasteiger partial charge in [-0.15, -0.1) is 10.1 Å². The van der Waals surface area contributed by atoms with Gasteiger partial charge in [0.2, 0.25) is 0 Å². The van der Waals surface area contributed by atoms with Gasteiger partial charge in [-0.2, -0.15) is 0 Å². The standard InChI is InChI=1S/C28H48N2O4/c1-25(2)19-15-20-26(3,4)29(25)33-23(31)17-13-11-9-10-12-14-18-24(32)34-30-27(5,6)21-16-22-28(30,7)8/h15-16,19,21H,9-14,17-18,20,22H2,1-8H3. The molecule has 0 amide bonds. The highest BCUT2D eigenvalue weighted by molar-refractivity contribution is 5.69. The molecule has 0 bridgehead atoms. The molecule has 6 nitrogen and oxygen atoms in total. The molecule has 0 atom stereocenters. The fourth-order valence-corrected chi connectivity index (χ4v) is 5.16. The third-order valence-corrected chi connectivity index (χ3v) is 6.83. The maximum Gasteiger partial charge on any atom is 0.325 e. The smallest absolute Gasteiger partial charge is 0.325 e. The van der Waals surface area contributed by atoms with Crippen LogP contribution in [-0.2, 0) is 19.3 Å². The van der Waals surface area contributed by atoms with Crippen molar-refractivity contribution in [1.29, 1.82) is 0 Å². The van der Waals surface area contributed by atoms with Gasteiger partial charge in [0, 0.05) is 12.8 Å². The second-order valence-electron chi connectivity index (χ2n) is 12.3. The normalized spacial score (nSPS) is 22.9. The van der Waals surface area contributed by atoms with Crippen LogP contribution in [0, 0.1) is 0 Å². The Morgan fingerprint density at radius 1 is 0.618 bits per heavy atom. The van der Waals surface area contributed by atoms with Crippen LogP contribution in [-0.4, -0.2) is 44.2 Å². The molecule has 0 aromatic rings. The SMILES string of the molecule is CC1(C)C=CCC(C)(C)N1OC(=O)CCCCCCCCC(=O)ON1C(C)(C)C=CCC1(C)C. The first-order chi connectivity index (χ1) is 15.7. The molecule has 6 heteroatoms. The Balaban J connectivity index is 1.58. The van der Waals surface area contributed by atoms with Crippen LogP contribution in [0.25, 0.3) is 0 Å². The molecule has 0 aliphatic carbocycles. The number of nitrogens with zero attached hydrogens (tertiary/aromatic N) is 2. The zero-order valence-corrected chi connectivity index (χ0v) is 22.9. The molecule has 2 heterocycles. The van der Waals surface area contributed by atoms with Crippen LogP contribution in [0.2, 0.25) is 0 Å². The van der Waals surface area contributed by atoms with Crippen molar-refractivity contribution in [3.05, 3.63) is 24.3 Å². The first kappa shape index (κ1) is 28.6. The summed E-state index contributed by atoms with van der Waals surface area (Å²) in [6.45, 7) is 16.7. The Hall–Kier alpha value is -1.66. The Bertz CT molecular complexity index is 700. The van der Waals surface area contributed by atoms with Crippen molar-refractivity contribution in [2.75, 3.05) is 0 Å². The largest absolute Gasteiger partial charge is 0.367 e. The minimum absolute atomic E-state index is 0.155. The Morgan fingerprint density at radius 2 is 0.941 bits per heavy atom. The van der Waals surface area contributed by atoms with E-state index in [-0.39, 0.29) is 34.1 Å². The first-order valence-corrected chi connectivity index (χ1v) is 13.1. The number of hydrogen-bond acceptors (Lipinski definition) is 6. The molecule has 0 unspecified atom stereocenters. The minimum Gasteiger partial charge on any atom is -0.367 e. The van der Waals surface area contributed by atoms with E-state index in [2.05, 4.69) is 79.7 Å². The van der Waals surface area contributed by atoms with Crippen molar-refractivity contribution < 1.29 is 19.3 Å². The topological polar surface area (TPSA) is 59.1 Å². The summed E-state index contributed by atoms with van der Waals surface area (Å²) in [6, 6.07) is 0. The summed E-state index contributed by atoms with van der Waals surface area (Å²) in [4.78, 5) is 36.3. The summed E-state index contributed by atoms with van der Waals surface area (Å²) in [7, 11) is 0. The predicted molar refractivity (Wildman–Crippen MR) is 137 cm³/mol. The lowest BCUT2D eigenvalue weighted by Crippen LogP contribution is -2.57. The van der Waals surface area contributed by atoms with Crippen LogP contribution in [0.1, 0.15) is 120 Å². The summed E-state index contributed by atoms with van der Waals surface area (Å²) in [5, 5.41) is 3.70. The van der Waals surface area contributed by atoms with Gasteiger partial charge in [-0.3, -0.25) is 9.59 Å². The molecule has 0 fully saturated rings. The monoisotopic (exact) mass is 476 g/mol. The number of hydrogen-bond donors (Lipinski definition) is 0. The minimum atomic E-state index is -0.297. The Morgan fingerprint density at radius 3 is 1.26 bits per heavy atom. The lowest BCUT2D eigenvalue weighted by atomic mass is 9.88. The van der Waals surface area contributed by atoms with E-state index in [1.54, 1.807) is 0 Å². The van der Waals surface area contributed by atoms with Crippen molar-refractivity contribution in [2.24, 2.45) is 0 Å². The molecule has 0 spiro atoms. The highest BCUT2D eigenvalue weighted by Crippen LogP contribution is 2.35. The fraction of sp³-hybridized carbons (Fsp3) is 0.786. The molecule has 0 saturated heterocycles. The van der Waals surface area contributed by atoms with Gasteiger partial charge in [-0.05, 0) is 81.1 Å². The highest BCUT2D eigenvalue weighted by atomic mass is 16.7. The van der Waals surface area contributed by atoms with E-state index in [1.165, 1.54) is 0 Å². The van der Waals surface area contributed by atoms with Crippen LogP contribution in [0.15, 0.2) is 24.3 Å². The van der Waals surface area contributed by atoms with Gasteiger partial charge < -0.3 is 9.68 Å². The van der Waals surface area contributed by atoms with Crippen LogP contribution in [0.5, 0.6) is 0 Å². The van der Waals surface area contributed by atoms with Gasteiger partial charge in [-0.1, -0.05) is 50.0 Å².